The van der Waals surface area contributed by atoms with Crippen LogP contribution in [-0.4, -0.2) is 42.7 Å². The molecule has 5 nitrogen and oxygen atoms in total. The second-order valence-corrected chi connectivity index (χ2v) is 6.69. The topological polar surface area (TPSA) is 57.1 Å². The smallest absolute Gasteiger partial charge is 0.194 e. The molecule has 1 spiro atoms. The first kappa shape index (κ1) is 19.1. The van der Waals surface area contributed by atoms with E-state index in [9.17, 15) is 5.11 Å². The van der Waals surface area contributed by atoms with Crippen LogP contribution in [-0.2, 0) is 6.54 Å². The van der Waals surface area contributed by atoms with Crippen LogP contribution in [0.25, 0.3) is 0 Å². The largest absolute Gasteiger partial charge is 0.508 e. The molecule has 0 radical (unpaired) electrons. The van der Waals surface area contributed by atoms with Crippen LogP contribution in [0.2, 0.25) is 0 Å². The lowest BCUT2D eigenvalue weighted by Gasteiger charge is -2.38. The Labute approximate surface area is 161 Å². The van der Waals surface area contributed by atoms with Crippen LogP contribution >= 0.6 is 24.0 Å². The first-order chi connectivity index (χ1) is 11.2. The highest BCUT2D eigenvalue weighted by molar-refractivity contribution is 14.0. The Kier molecular flexibility index (Phi) is 6.60. The highest BCUT2D eigenvalue weighted by Crippen LogP contribution is 2.47. The number of methoxy groups -OCH3 is 1. The van der Waals surface area contributed by atoms with Crippen molar-refractivity contribution in [3.8, 4) is 11.5 Å². The molecule has 1 saturated carbocycles. The van der Waals surface area contributed by atoms with E-state index >= 15 is 0 Å². The van der Waals surface area contributed by atoms with Crippen LogP contribution < -0.4 is 10.1 Å². The molecule has 1 heterocycles. The fraction of sp³-hybridized carbons (Fsp3) is 0.611. The number of rotatable bonds is 4. The Morgan fingerprint density at radius 1 is 1.38 bits per heavy atom. The fourth-order valence-corrected chi connectivity index (χ4v) is 3.60. The number of aromatic hydroxyl groups is 1. The molecule has 0 bridgehead atoms. The molecule has 1 aliphatic carbocycles. The average Bonchev–Trinajstić information content (AvgIpc) is 2.98. The molecular weight excluding hydrogens is 417 g/mol. The lowest BCUT2D eigenvalue weighted by Crippen LogP contribution is -2.42. The summed E-state index contributed by atoms with van der Waals surface area (Å²) in [5, 5.41) is 13.4. The molecule has 3 rings (SSSR count). The SMILES string of the molecule is CCNC(=NCc1cc(OC)ccc1O)N1CCC2(CCC2)C1.I. The van der Waals surface area contributed by atoms with Gasteiger partial charge >= 0.3 is 0 Å². The molecule has 1 aromatic rings. The van der Waals surface area contributed by atoms with E-state index in [1.807, 2.05) is 6.07 Å². The highest BCUT2D eigenvalue weighted by atomic mass is 127. The maximum atomic E-state index is 10.0. The molecule has 2 aliphatic rings. The van der Waals surface area contributed by atoms with Gasteiger partial charge in [0.15, 0.2) is 5.96 Å². The number of nitrogens with zero attached hydrogens (tertiary/aromatic N) is 2. The summed E-state index contributed by atoms with van der Waals surface area (Å²) in [7, 11) is 1.63. The van der Waals surface area contributed by atoms with Gasteiger partial charge < -0.3 is 20.1 Å². The number of ether oxygens (including phenoxy) is 1. The minimum Gasteiger partial charge on any atom is -0.508 e. The van der Waals surface area contributed by atoms with Gasteiger partial charge in [0.2, 0.25) is 0 Å². The Balaban J connectivity index is 0.00000208. The summed E-state index contributed by atoms with van der Waals surface area (Å²) >= 11 is 0. The zero-order chi connectivity index (χ0) is 16.3. The number of phenols is 1. The van der Waals surface area contributed by atoms with Gasteiger partial charge in [0.1, 0.15) is 11.5 Å². The lowest BCUT2D eigenvalue weighted by molar-refractivity contribution is 0.151. The molecule has 6 heteroatoms. The molecule has 134 valence electrons. The molecule has 1 saturated heterocycles. The van der Waals surface area contributed by atoms with E-state index in [0.29, 0.717) is 12.0 Å². The summed E-state index contributed by atoms with van der Waals surface area (Å²) in [6.07, 6.45) is 5.38. The number of aliphatic imine (C=N–C) groups is 1. The number of guanidine groups is 1. The predicted molar refractivity (Wildman–Crippen MR) is 107 cm³/mol. The standard InChI is InChI=1S/C18H27N3O2.HI/c1-3-19-17(21-10-9-18(13-21)7-4-8-18)20-12-14-11-15(23-2)5-6-16(14)22;/h5-6,11,22H,3-4,7-10,12-13H2,1-2H3,(H,19,20);1H. The predicted octanol–water partition coefficient (Wildman–Crippen LogP) is 3.36. The monoisotopic (exact) mass is 445 g/mol. The first-order valence-electron chi connectivity index (χ1n) is 8.55. The maximum Gasteiger partial charge on any atom is 0.194 e. The van der Waals surface area contributed by atoms with E-state index in [1.165, 1.54) is 25.7 Å². The van der Waals surface area contributed by atoms with Crippen LogP contribution in [0.15, 0.2) is 23.2 Å². The van der Waals surface area contributed by atoms with E-state index in [-0.39, 0.29) is 29.7 Å². The number of hydrogen-bond acceptors (Lipinski definition) is 3. The summed E-state index contributed by atoms with van der Waals surface area (Å²) in [6, 6.07) is 5.27. The molecule has 2 N–H and O–H groups in total. The zero-order valence-electron chi connectivity index (χ0n) is 14.5. The van der Waals surface area contributed by atoms with Crippen molar-refractivity contribution in [2.24, 2.45) is 10.4 Å². The number of phenolic OH excluding ortho intramolecular Hbond substituents is 1. The van der Waals surface area contributed by atoms with Crippen molar-refractivity contribution in [2.75, 3.05) is 26.7 Å². The van der Waals surface area contributed by atoms with Gasteiger partial charge in [-0.15, -0.1) is 24.0 Å². The van der Waals surface area contributed by atoms with Crippen molar-refractivity contribution in [3.63, 3.8) is 0 Å². The van der Waals surface area contributed by atoms with E-state index in [2.05, 4.69) is 17.1 Å². The number of likely N-dealkylation sites (tertiary alicyclic amines) is 1. The van der Waals surface area contributed by atoms with Crippen molar-refractivity contribution in [3.05, 3.63) is 23.8 Å². The molecule has 24 heavy (non-hydrogen) atoms. The van der Waals surface area contributed by atoms with Crippen molar-refractivity contribution >= 4 is 29.9 Å². The summed E-state index contributed by atoms with van der Waals surface area (Å²) in [5.74, 6) is 1.97. The lowest BCUT2D eigenvalue weighted by atomic mass is 9.68. The van der Waals surface area contributed by atoms with Gasteiger partial charge in [-0.05, 0) is 49.8 Å². The maximum absolute atomic E-state index is 10.0. The molecule has 1 aromatic carbocycles. The van der Waals surface area contributed by atoms with Gasteiger partial charge in [0.25, 0.3) is 0 Å². The Morgan fingerprint density at radius 3 is 2.75 bits per heavy atom. The van der Waals surface area contributed by atoms with Gasteiger partial charge in [-0.3, -0.25) is 0 Å². The number of hydrogen-bond donors (Lipinski definition) is 2. The first-order valence-corrected chi connectivity index (χ1v) is 8.55. The van der Waals surface area contributed by atoms with Crippen LogP contribution in [0.1, 0.15) is 38.2 Å². The summed E-state index contributed by atoms with van der Waals surface area (Å²) in [6.45, 7) is 5.59. The summed E-state index contributed by atoms with van der Waals surface area (Å²) in [5.41, 5.74) is 1.34. The fourth-order valence-electron chi connectivity index (χ4n) is 3.60. The molecule has 2 fully saturated rings. The number of halogens is 1. The number of nitrogens with one attached hydrogen (secondary N) is 1. The van der Waals surface area contributed by atoms with Crippen molar-refractivity contribution < 1.29 is 9.84 Å². The molecular formula is C18H28IN3O2. The molecule has 1 aliphatic heterocycles. The third-order valence-corrected chi connectivity index (χ3v) is 5.17. The van der Waals surface area contributed by atoms with Crippen LogP contribution in [0.3, 0.4) is 0 Å². The van der Waals surface area contributed by atoms with Crippen molar-refractivity contribution in [1.82, 2.24) is 10.2 Å². The van der Waals surface area contributed by atoms with E-state index in [4.69, 9.17) is 9.73 Å². The average molecular weight is 445 g/mol. The van der Waals surface area contributed by atoms with Gasteiger partial charge in [0.05, 0.1) is 13.7 Å². The quantitative estimate of drug-likeness (QED) is 0.424. The second kappa shape index (κ2) is 8.27. The van der Waals surface area contributed by atoms with Gasteiger partial charge in [-0.2, -0.15) is 0 Å². The van der Waals surface area contributed by atoms with Crippen molar-refractivity contribution in [2.45, 2.75) is 39.2 Å². The van der Waals surface area contributed by atoms with Gasteiger partial charge in [0, 0.05) is 25.2 Å². The Hall–Kier alpha value is -1.18. The molecule has 0 aromatic heterocycles. The normalized spacial score (nSPS) is 18.9. The minimum absolute atomic E-state index is 0. The highest BCUT2D eigenvalue weighted by Gasteiger charge is 2.43. The van der Waals surface area contributed by atoms with Crippen LogP contribution in [0.4, 0.5) is 0 Å². The van der Waals surface area contributed by atoms with E-state index < -0.39 is 0 Å². The third-order valence-electron chi connectivity index (χ3n) is 5.17. The zero-order valence-corrected chi connectivity index (χ0v) is 16.9. The Bertz CT molecular complexity index is 588. The van der Waals surface area contributed by atoms with E-state index in [0.717, 1.165) is 36.9 Å². The van der Waals surface area contributed by atoms with Crippen LogP contribution in [0, 0.1) is 5.41 Å². The Morgan fingerprint density at radius 2 is 2.17 bits per heavy atom. The molecule has 0 amide bonds. The summed E-state index contributed by atoms with van der Waals surface area (Å²) in [4.78, 5) is 7.12. The molecule has 0 atom stereocenters. The van der Waals surface area contributed by atoms with Crippen LogP contribution in [0.5, 0.6) is 11.5 Å². The molecule has 0 unspecified atom stereocenters. The number of benzene rings is 1. The minimum atomic E-state index is 0. The second-order valence-electron chi connectivity index (χ2n) is 6.69. The van der Waals surface area contributed by atoms with E-state index in [1.54, 1.807) is 19.2 Å². The van der Waals surface area contributed by atoms with Gasteiger partial charge in [-0.25, -0.2) is 4.99 Å². The van der Waals surface area contributed by atoms with Crippen molar-refractivity contribution in [1.29, 1.82) is 0 Å². The van der Waals surface area contributed by atoms with Gasteiger partial charge in [-0.1, -0.05) is 6.42 Å². The summed E-state index contributed by atoms with van der Waals surface area (Å²) < 4.78 is 5.23. The third kappa shape index (κ3) is 4.07.